The fourth-order valence-electron chi connectivity index (χ4n) is 2.76. The van der Waals surface area contributed by atoms with E-state index in [1.54, 1.807) is 0 Å². The van der Waals surface area contributed by atoms with Crippen LogP contribution in [0.2, 0.25) is 0 Å². The third kappa shape index (κ3) is 3.75. The Morgan fingerprint density at radius 1 is 1.32 bits per heavy atom. The van der Waals surface area contributed by atoms with Crippen LogP contribution in [-0.2, 0) is 0 Å². The molecule has 0 amide bonds. The third-order valence-electron chi connectivity index (χ3n) is 3.81. The Kier molecular flexibility index (Phi) is 4.23. The summed E-state index contributed by atoms with van der Waals surface area (Å²) in [5, 5.41) is 3.26. The first kappa shape index (κ1) is 14.4. The van der Waals surface area contributed by atoms with E-state index in [1.807, 2.05) is 26.0 Å². The average Bonchev–Trinajstić information content (AvgIpc) is 2.75. The molecule has 0 spiro atoms. The van der Waals surface area contributed by atoms with Gasteiger partial charge >= 0.3 is 6.18 Å². The lowest BCUT2D eigenvalue weighted by molar-refractivity contribution is -0.183. The van der Waals surface area contributed by atoms with Crippen LogP contribution in [-0.4, -0.2) is 12.2 Å². The summed E-state index contributed by atoms with van der Waals surface area (Å²) < 4.78 is 43.7. The molecule has 3 unspecified atom stereocenters. The summed E-state index contributed by atoms with van der Waals surface area (Å²) in [4.78, 5) is 0. The first-order valence-corrected chi connectivity index (χ1v) is 6.75. The van der Waals surface area contributed by atoms with Crippen LogP contribution in [0, 0.1) is 12.8 Å². The second kappa shape index (κ2) is 5.57. The maximum Gasteiger partial charge on any atom is 0.391 e. The van der Waals surface area contributed by atoms with Crippen molar-refractivity contribution >= 4 is 0 Å². The molecule has 0 aromatic carbocycles. The molecule has 2 rings (SSSR count). The largest absolute Gasteiger partial charge is 0.465 e. The number of rotatable bonds is 3. The summed E-state index contributed by atoms with van der Waals surface area (Å²) in [5.74, 6) is 0.441. The standard InChI is InChI=1S/C14H20F3NO/c1-9-6-7-13(19-9)10(2)18-12-5-3-4-11(8-12)14(15,16)17/h6-7,10-12,18H,3-5,8H2,1-2H3. The molecule has 1 aromatic rings. The van der Waals surface area contributed by atoms with Gasteiger partial charge in [-0.3, -0.25) is 0 Å². The molecule has 1 aromatic heterocycles. The van der Waals surface area contributed by atoms with Gasteiger partial charge in [0.05, 0.1) is 12.0 Å². The van der Waals surface area contributed by atoms with Crippen LogP contribution >= 0.6 is 0 Å². The molecule has 1 aliphatic rings. The number of hydrogen-bond acceptors (Lipinski definition) is 2. The molecular formula is C14H20F3NO. The van der Waals surface area contributed by atoms with E-state index >= 15 is 0 Å². The predicted molar refractivity (Wildman–Crippen MR) is 66.8 cm³/mol. The summed E-state index contributed by atoms with van der Waals surface area (Å²) >= 11 is 0. The van der Waals surface area contributed by atoms with Crippen molar-refractivity contribution in [1.82, 2.24) is 5.32 Å². The molecule has 108 valence electrons. The zero-order valence-electron chi connectivity index (χ0n) is 11.3. The minimum atomic E-state index is -4.06. The topological polar surface area (TPSA) is 25.2 Å². The van der Waals surface area contributed by atoms with Crippen molar-refractivity contribution in [3.05, 3.63) is 23.7 Å². The van der Waals surface area contributed by atoms with E-state index in [-0.39, 0.29) is 24.9 Å². The maximum atomic E-state index is 12.7. The Morgan fingerprint density at radius 2 is 2.05 bits per heavy atom. The van der Waals surface area contributed by atoms with Gasteiger partial charge in [-0.1, -0.05) is 6.42 Å². The molecule has 5 heteroatoms. The first-order valence-electron chi connectivity index (χ1n) is 6.75. The van der Waals surface area contributed by atoms with Gasteiger partial charge in [0, 0.05) is 6.04 Å². The molecule has 1 aliphatic carbocycles. The summed E-state index contributed by atoms with van der Waals surface area (Å²) in [6.45, 7) is 3.78. The van der Waals surface area contributed by atoms with Gasteiger partial charge in [-0.15, -0.1) is 0 Å². The fourth-order valence-corrected chi connectivity index (χ4v) is 2.76. The van der Waals surface area contributed by atoms with Crippen molar-refractivity contribution in [3.8, 4) is 0 Å². The van der Waals surface area contributed by atoms with Gasteiger partial charge in [-0.25, -0.2) is 0 Å². The molecule has 0 bridgehead atoms. The minimum Gasteiger partial charge on any atom is -0.465 e. The smallest absolute Gasteiger partial charge is 0.391 e. The number of hydrogen-bond donors (Lipinski definition) is 1. The van der Waals surface area contributed by atoms with Crippen LogP contribution in [0.3, 0.4) is 0 Å². The summed E-state index contributed by atoms with van der Waals surface area (Å²) in [6, 6.07) is 3.61. The average molecular weight is 275 g/mol. The Balaban J connectivity index is 1.92. The molecule has 1 N–H and O–H groups in total. The highest BCUT2D eigenvalue weighted by Gasteiger charge is 2.42. The van der Waals surface area contributed by atoms with E-state index < -0.39 is 12.1 Å². The van der Waals surface area contributed by atoms with Crippen LogP contribution in [0.15, 0.2) is 16.5 Å². The van der Waals surface area contributed by atoms with Crippen molar-refractivity contribution in [1.29, 1.82) is 0 Å². The number of furan rings is 1. The quantitative estimate of drug-likeness (QED) is 0.886. The minimum absolute atomic E-state index is 0.0503. The molecule has 19 heavy (non-hydrogen) atoms. The summed E-state index contributed by atoms with van der Waals surface area (Å²) in [5.41, 5.74) is 0. The van der Waals surface area contributed by atoms with E-state index in [4.69, 9.17) is 4.42 Å². The molecule has 0 aliphatic heterocycles. The van der Waals surface area contributed by atoms with Crippen molar-refractivity contribution in [2.45, 2.75) is 57.8 Å². The second-order valence-electron chi connectivity index (χ2n) is 5.44. The zero-order valence-corrected chi connectivity index (χ0v) is 11.3. The predicted octanol–water partition coefficient (Wildman–Crippen LogP) is 4.36. The van der Waals surface area contributed by atoms with Crippen LogP contribution in [0.25, 0.3) is 0 Å². The van der Waals surface area contributed by atoms with Crippen LogP contribution in [0.1, 0.15) is 50.2 Å². The molecule has 0 saturated heterocycles. The number of nitrogens with one attached hydrogen (secondary N) is 1. The molecule has 1 fully saturated rings. The monoisotopic (exact) mass is 275 g/mol. The Morgan fingerprint density at radius 3 is 2.63 bits per heavy atom. The zero-order chi connectivity index (χ0) is 14.0. The van der Waals surface area contributed by atoms with Gasteiger partial charge in [0.15, 0.2) is 0 Å². The maximum absolute atomic E-state index is 12.7. The highest BCUT2D eigenvalue weighted by molar-refractivity contribution is 5.09. The number of alkyl halides is 3. The third-order valence-corrected chi connectivity index (χ3v) is 3.81. The lowest BCUT2D eigenvalue weighted by Crippen LogP contribution is -2.39. The van der Waals surface area contributed by atoms with Gasteiger partial charge in [0.25, 0.3) is 0 Å². The Labute approximate surface area is 111 Å². The molecule has 1 saturated carbocycles. The van der Waals surface area contributed by atoms with E-state index in [2.05, 4.69) is 5.32 Å². The van der Waals surface area contributed by atoms with E-state index in [0.717, 1.165) is 17.9 Å². The SMILES string of the molecule is Cc1ccc(C(C)NC2CCCC(C(F)(F)F)C2)o1. The van der Waals surface area contributed by atoms with Gasteiger partial charge in [0.2, 0.25) is 0 Å². The molecule has 1 heterocycles. The van der Waals surface area contributed by atoms with Crippen molar-refractivity contribution in [2.24, 2.45) is 5.92 Å². The van der Waals surface area contributed by atoms with E-state index in [1.165, 1.54) is 0 Å². The summed E-state index contributed by atoms with van der Waals surface area (Å²) in [6.07, 6.45) is -2.20. The number of halogens is 3. The highest BCUT2D eigenvalue weighted by Crippen LogP contribution is 2.38. The molecule has 0 radical (unpaired) electrons. The fraction of sp³-hybridized carbons (Fsp3) is 0.714. The highest BCUT2D eigenvalue weighted by atomic mass is 19.4. The van der Waals surface area contributed by atoms with Crippen molar-refractivity contribution < 1.29 is 17.6 Å². The molecule has 2 nitrogen and oxygen atoms in total. The molecule has 3 atom stereocenters. The van der Waals surface area contributed by atoms with Gasteiger partial charge in [-0.2, -0.15) is 13.2 Å². The Bertz CT molecular complexity index is 413. The van der Waals surface area contributed by atoms with Crippen LogP contribution < -0.4 is 5.32 Å². The first-order chi connectivity index (χ1) is 8.86. The molecular weight excluding hydrogens is 255 g/mol. The van der Waals surface area contributed by atoms with Gasteiger partial charge in [-0.05, 0) is 45.2 Å². The van der Waals surface area contributed by atoms with Gasteiger partial charge in [0.1, 0.15) is 11.5 Å². The number of aryl methyl sites for hydroxylation is 1. The lowest BCUT2D eigenvalue weighted by atomic mass is 9.85. The van der Waals surface area contributed by atoms with Crippen LogP contribution in [0.5, 0.6) is 0 Å². The Hall–Kier alpha value is -0.970. The van der Waals surface area contributed by atoms with E-state index in [9.17, 15) is 13.2 Å². The normalized spacial score (nSPS) is 26.4. The second-order valence-corrected chi connectivity index (χ2v) is 5.44. The van der Waals surface area contributed by atoms with Gasteiger partial charge < -0.3 is 9.73 Å². The van der Waals surface area contributed by atoms with E-state index in [0.29, 0.717) is 6.42 Å². The summed E-state index contributed by atoms with van der Waals surface area (Å²) in [7, 11) is 0. The van der Waals surface area contributed by atoms with Crippen molar-refractivity contribution in [3.63, 3.8) is 0 Å². The van der Waals surface area contributed by atoms with Crippen LogP contribution in [0.4, 0.5) is 13.2 Å². The lowest BCUT2D eigenvalue weighted by Gasteiger charge is -2.32. The van der Waals surface area contributed by atoms with Crippen molar-refractivity contribution in [2.75, 3.05) is 0 Å².